The number of ether oxygens (including phenoxy) is 2. The third kappa shape index (κ3) is 7.88. The summed E-state index contributed by atoms with van der Waals surface area (Å²) >= 11 is 2.04. The van der Waals surface area contributed by atoms with Gasteiger partial charge in [-0.15, -0.1) is 0 Å². The maximum Gasteiger partial charge on any atom is 0.423 e. The second-order valence-electron chi connectivity index (χ2n) is 14.7. The number of fused-ring (bicyclic) bond motifs is 1. The molecule has 0 bridgehead atoms. The molecule has 0 radical (unpaired) electrons. The molecule has 10 nitrogen and oxygen atoms in total. The third-order valence-corrected chi connectivity index (χ3v) is 16.3. The van der Waals surface area contributed by atoms with Gasteiger partial charge in [-0.3, -0.25) is 9.59 Å². The molecule has 5 rings (SSSR count). The Bertz CT molecular complexity index is 1850. The van der Waals surface area contributed by atoms with Crippen LogP contribution < -0.4 is 15.1 Å². The van der Waals surface area contributed by atoms with Crippen LogP contribution in [0.5, 0.6) is 11.5 Å². The number of allylic oxidation sites excluding steroid dienone is 1. The predicted molar refractivity (Wildman–Crippen MR) is 213 cm³/mol. The lowest BCUT2D eigenvalue weighted by Crippen LogP contribution is -2.66. The number of aromatic hydroxyl groups is 1. The largest absolute Gasteiger partial charge is 0.504 e. The zero-order chi connectivity index (χ0) is 38.7. The highest BCUT2D eigenvalue weighted by Crippen LogP contribution is 2.47. The molecule has 0 aromatic heterocycles. The van der Waals surface area contributed by atoms with Crippen LogP contribution in [0, 0.1) is 21.3 Å². The highest BCUT2D eigenvalue weighted by atomic mass is 127. The van der Waals surface area contributed by atoms with Crippen LogP contribution >= 0.6 is 22.6 Å². The van der Waals surface area contributed by atoms with E-state index in [0.717, 1.165) is 28.6 Å². The Morgan fingerprint density at radius 1 is 1.02 bits per heavy atom. The van der Waals surface area contributed by atoms with Gasteiger partial charge in [0, 0.05) is 5.92 Å². The molecule has 3 aromatic rings. The molecular weight excluding hydrogens is 805 g/mol. The van der Waals surface area contributed by atoms with Crippen LogP contribution in [0.25, 0.3) is 6.08 Å². The summed E-state index contributed by atoms with van der Waals surface area (Å²) < 4.78 is 18.0. The SMILES string of the molecule is COC(=O)N1C(=O)[C@@H]2[C@@H](CC(CO[Si](c3ccccc3)(c3ccccc3)C(C)(C)C)=C([C@H](O)CC/C(C)=C/c3cc(I)c(O)c(OC)c3)[C@@H]2CO)C1=O. The van der Waals surface area contributed by atoms with E-state index < -0.39 is 56.7 Å². The molecular formula is C41H48INO9Si. The van der Waals surface area contributed by atoms with E-state index in [1.54, 1.807) is 6.07 Å². The van der Waals surface area contributed by atoms with Crippen molar-refractivity contribution >= 4 is 65.3 Å². The normalized spacial score (nSPS) is 20.1. The van der Waals surface area contributed by atoms with Gasteiger partial charge < -0.3 is 29.2 Å². The molecule has 1 saturated heterocycles. The number of rotatable bonds is 12. The number of hydrogen-bond donors (Lipinski definition) is 3. The number of nitrogens with zero attached hydrogens (tertiary/aromatic N) is 1. The molecule has 0 saturated carbocycles. The second-order valence-corrected chi connectivity index (χ2v) is 20.2. The minimum absolute atomic E-state index is 0.0413. The van der Waals surface area contributed by atoms with Gasteiger partial charge in [-0.05, 0) is 93.0 Å². The van der Waals surface area contributed by atoms with E-state index in [9.17, 15) is 29.7 Å². The van der Waals surface area contributed by atoms with Gasteiger partial charge in [0.1, 0.15) is 0 Å². The van der Waals surface area contributed by atoms with E-state index in [2.05, 4.69) is 45.0 Å². The average molecular weight is 854 g/mol. The molecule has 0 spiro atoms. The molecule has 1 aliphatic heterocycles. The Balaban J connectivity index is 1.57. The van der Waals surface area contributed by atoms with Crippen molar-refractivity contribution in [2.75, 3.05) is 27.4 Å². The van der Waals surface area contributed by atoms with Gasteiger partial charge in [0.25, 0.3) is 8.32 Å². The fourth-order valence-corrected chi connectivity index (χ4v) is 13.2. The van der Waals surface area contributed by atoms with Crippen molar-refractivity contribution in [3.8, 4) is 11.5 Å². The summed E-state index contributed by atoms with van der Waals surface area (Å²) in [6.45, 7) is 7.93. The third-order valence-electron chi connectivity index (χ3n) is 10.5. The number of benzene rings is 3. The zero-order valence-electron chi connectivity index (χ0n) is 31.0. The molecule has 12 heteroatoms. The number of imide groups is 3. The molecule has 2 aliphatic rings. The Morgan fingerprint density at radius 2 is 1.62 bits per heavy atom. The van der Waals surface area contributed by atoms with Gasteiger partial charge in [-0.1, -0.05) is 93.1 Å². The standard InChI is InChI=1S/C41H48INO9Si/c1-25(19-26-20-32(42)37(46)34(21-26)50-5)17-18-33(45)35-27(22-30-36(31(35)23-44)39(48)43(38(30)47)40(49)51-6)24-52-53(41(2,3)4,28-13-9-7-10-14-28)29-15-11-8-12-16-29/h7-16,19-21,30-31,33,36,44-46H,17-18,22-24H2,1-6H3/b25-19+/t30-,31+,33-,36-/m1/s1. The number of amides is 3. The molecule has 4 atom stereocenters. The van der Waals surface area contributed by atoms with Crippen molar-refractivity contribution in [3.63, 3.8) is 0 Å². The first kappa shape index (κ1) is 40.4. The van der Waals surface area contributed by atoms with Crippen LogP contribution in [-0.2, 0) is 18.8 Å². The van der Waals surface area contributed by atoms with Gasteiger partial charge in [0.15, 0.2) is 11.5 Å². The number of phenols is 1. The van der Waals surface area contributed by atoms with Gasteiger partial charge >= 0.3 is 6.09 Å². The molecule has 1 aliphatic carbocycles. The van der Waals surface area contributed by atoms with Crippen LogP contribution in [-0.4, -0.2) is 80.0 Å². The molecule has 3 N–H and O–H groups in total. The van der Waals surface area contributed by atoms with E-state index in [0.29, 0.717) is 31.8 Å². The van der Waals surface area contributed by atoms with Crippen molar-refractivity contribution in [2.45, 2.75) is 58.1 Å². The molecule has 53 heavy (non-hydrogen) atoms. The van der Waals surface area contributed by atoms with Crippen molar-refractivity contribution < 1.29 is 43.6 Å². The lowest BCUT2D eigenvalue weighted by Gasteiger charge is -2.44. The first-order valence-electron chi connectivity index (χ1n) is 17.6. The molecule has 1 fully saturated rings. The van der Waals surface area contributed by atoms with Crippen molar-refractivity contribution in [3.05, 3.63) is 98.6 Å². The van der Waals surface area contributed by atoms with E-state index in [-0.39, 0.29) is 30.2 Å². The quantitative estimate of drug-likeness (QED) is 0.0892. The number of aliphatic hydroxyl groups excluding tert-OH is 2. The first-order valence-corrected chi connectivity index (χ1v) is 20.6. The van der Waals surface area contributed by atoms with Crippen LogP contribution in [0.1, 0.15) is 52.5 Å². The van der Waals surface area contributed by atoms with Gasteiger partial charge in [-0.2, -0.15) is 4.90 Å². The van der Waals surface area contributed by atoms with Crippen LogP contribution in [0.3, 0.4) is 0 Å². The summed E-state index contributed by atoms with van der Waals surface area (Å²) in [6, 6.07) is 23.8. The Labute approximate surface area is 325 Å². The number of methoxy groups -OCH3 is 2. The maximum absolute atomic E-state index is 13.7. The number of carbonyl (C=O) groups excluding carboxylic acids is 3. The van der Waals surface area contributed by atoms with Crippen LogP contribution in [0.15, 0.2) is 89.5 Å². The molecule has 282 valence electrons. The summed E-state index contributed by atoms with van der Waals surface area (Å²) in [5, 5.41) is 35.0. The fourth-order valence-electron chi connectivity index (χ4n) is 8.03. The van der Waals surface area contributed by atoms with Gasteiger partial charge in [0.2, 0.25) is 11.8 Å². The van der Waals surface area contributed by atoms with Crippen molar-refractivity contribution in [2.24, 2.45) is 17.8 Å². The molecule has 0 unspecified atom stereocenters. The first-order chi connectivity index (χ1) is 25.2. The second kappa shape index (κ2) is 16.7. The Kier molecular flexibility index (Phi) is 12.7. The van der Waals surface area contributed by atoms with E-state index in [1.165, 1.54) is 7.11 Å². The highest BCUT2D eigenvalue weighted by Gasteiger charge is 2.58. The Hall–Kier alpha value is -3.82. The maximum atomic E-state index is 13.7. The monoisotopic (exact) mass is 853 g/mol. The van der Waals surface area contributed by atoms with Crippen molar-refractivity contribution in [1.82, 2.24) is 4.90 Å². The summed E-state index contributed by atoms with van der Waals surface area (Å²) in [7, 11) is -0.483. The van der Waals surface area contributed by atoms with Crippen LogP contribution in [0.2, 0.25) is 5.04 Å². The highest BCUT2D eigenvalue weighted by molar-refractivity contribution is 14.1. The number of halogens is 1. The van der Waals surface area contributed by atoms with Crippen molar-refractivity contribution in [1.29, 1.82) is 0 Å². The van der Waals surface area contributed by atoms with E-state index in [1.807, 2.05) is 78.1 Å². The molecule has 3 aromatic carbocycles. The smallest absolute Gasteiger partial charge is 0.423 e. The Morgan fingerprint density at radius 3 is 2.15 bits per heavy atom. The summed E-state index contributed by atoms with van der Waals surface area (Å²) in [5.41, 5.74) is 2.86. The minimum atomic E-state index is -3.08. The number of carbonyl (C=O) groups is 3. The molecule has 1 heterocycles. The summed E-state index contributed by atoms with van der Waals surface area (Å²) in [5.74, 6) is -3.91. The van der Waals surface area contributed by atoms with E-state index >= 15 is 0 Å². The average Bonchev–Trinajstić information content (AvgIpc) is 3.39. The molecule has 3 amide bonds. The number of aliphatic hydroxyl groups is 2. The fraction of sp³-hybridized carbons (Fsp3) is 0.390. The number of hydrogen-bond acceptors (Lipinski definition) is 9. The topological polar surface area (TPSA) is 143 Å². The van der Waals surface area contributed by atoms with Gasteiger partial charge in [-0.25, -0.2) is 4.79 Å². The van der Waals surface area contributed by atoms with E-state index in [4.69, 9.17) is 13.9 Å². The predicted octanol–water partition coefficient (Wildman–Crippen LogP) is 5.80. The summed E-state index contributed by atoms with van der Waals surface area (Å²) in [6.07, 6.45) is 0.569. The summed E-state index contributed by atoms with van der Waals surface area (Å²) in [4.78, 5) is 40.6. The lowest BCUT2D eigenvalue weighted by atomic mass is 9.68. The zero-order valence-corrected chi connectivity index (χ0v) is 34.1. The van der Waals surface area contributed by atoms with Crippen LogP contribution in [0.4, 0.5) is 4.79 Å². The van der Waals surface area contributed by atoms with Gasteiger partial charge in [0.05, 0.1) is 48.9 Å². The number of phenolic OH excluding ortho intramolecular Hbond substituents is 1. The number of likely N-dealkylation sites (tertiary alicyclic amines) is 1. The minimum Gasteiger partial charge on any atom is -0.504 e. The lowest BCUT2D eigenvalue weighted by molar-refractivity contribution is -0.137.